The van der Waals surface area contributed by atoms with Crippen LogP contribution in [0.4, 0.5) is 11.6 Å². The number of aryl methyl sites for hydroxylation is 1. The van der Waals surface area contributed by atoms with Gasteiger partial charge in [-0.2, -0.15) is 4.52 Å². The molecule has 0 unspecified atom stereocenters. The Morgan fingerprint density at radius 2 is 2.14 bits per heavy atom. The molecule has 0 amide bonds. The predicted octanol–water partition coefficient (Wildman–Crippen LogP) is 0.771. The van der Waals surface area contributed by atoms with E-state index in [1.807, 2.05) is 19.1 Å². The van der Waals surface area contributed by atoms with Crippen molar-refractivity contribution in [2.75, 3.05) is 29.9 Å². The van der Waals surface area contributed by atoms with Crippen LogP contribution in [0.2, 0.25) is 0 Å². The molecule has 1 fully saturated rings. The fraction of sp³-hybridized carbons (Fsp3) is 0.357. The first-order chi connectivity index (χ1) is 10.8. The van der Waals surface area contributed by atoms with Crippen molar-refractivity contribution < 1.29 is 0 Å². The molecule has 1 aliphatic rings. The van der Waals surface area contributed by atoms with E-state index in [0.717, 1.165) is 42.6 Å². The molecule has 4 rings (SSSR count). The number of hydrogen-bond acceptors (Lipinski definition) is 7. The highest BCUT2D eigenvalue weighted by atomic mass is 15.4. The van der Waals surface area contributed by atoms with Crippen LogP contribution < -0.4 is 10.2 Å². The minimum absolute atomic E-state index is 0.585. The van der Waals surface area contributed by atoms with Gasteiger partial charge in [-0.3, -0.25) is 4.98 Å². The van der Waals surface area contributed by atoms with Gasteiger partial charge in [0.05, 0.1) is 18.1 Å². The van der Waals surface area contributed by atoms with Gasteiger partial charge in [-0.25, -0.2) is 4.98 Å². The highest BCUT2D eigenvalue weighted by molar-refractivity contribution is 5.47. The summed E-state index contributed by atoms with van der Waals surface area (Å²) in [6.07, 6.45) is 5.16. The molecule has 1 N–H and O–H groups in total. The molecule has 22 heavy (non-hydrogen) atoms. The lowest BCUT2D eigenvalue weighted by molar-refractivity contribution is 0.424. The van der Waals surface area contributed by atoms with Crippen molar-refractivity contribution in [2.45, 2.75) is 6.92 Å². The molecule has 3 aromatic heterocycles. The molecule has 1 aliphatic heterocycles. The molecular weight excluding hydrogens is 280 g/mol. The molecule has 4 heterocycles. The van der Waals surface area contributed by atoms with Crippen LogP contribution in [0.15, 0.2) is 30.9 Å². The number of rotatable bonds is 4. The monoisotopic (exact) mass is 296 g/mol. The normalized spacial score (nSPS) is 15.0. The lowest BCUT2D eigenvalue weighted by atomic mass is 10.0. The van der Waals surface area contributed by atoms with Gasteiger partial charge in [0, 0.05) is 25.6 Å². The van der Waals surface area contributed by atoms with E-state index < -0.39 is 0 Å². The first-order valence-corrected chi connectivity index (χ1v) is 7.22. The zero-order valence-electron chi connectivity index (χ0n) is 12.2. The van der Waals surface area contributed by atoms with Crippen LogP contribution >= 0.6 is 0 Å². The Morgan fingerprint density at radius 1 is 1.23 bits per heavy atom. The topological polar surface area (TPSA) is 84.1 Å². The standard InChI is InChI=1S/C14H16N8/c1-10-4-16-12(6-15-10)17-5-11-7-21(8-11)14-3-2-13-19-18-9-22(13)20-14/h2-4,6,9,11H,5,7-8H2,1H3,(H,16,17). The van der Waals surface area contributed by atoms with Crippen molar-refractivity contribution in [3.05, 3.63) is 36.5 Å². The molecule has 0 spiro atoms. The van der Waals surface area contributed by atoms with Crippen LogP contribution in [0.25, 0.3) is 5.65 Å². The summed E-state index contributed by atoms with van der Waals surface area (Å²) in [5.41, 5.74) is 1.69. The summed E-state index contributed by atoms with van der Waals surface area (Å²) in [7, 11) is 0. The van der Waals surface area contributed by atoms with Gasteiger partial charge in [0.2, 0.25) is 0 Å². The summed E-state index contributed by atoms with van der Waals surface area (Å²) in [6.45, 7) is 4.78. The predicted molar refractivity (Wildman–Crippen MR) is 81.7 cm³/mol. The SMILES string of the molecule is Cc1cnc(NCC2CN(c3ccc4nncn4n3)C2)cn1. The second-order valence-corrected chi connectivity index (χ2v) is 5.52. The number of nitrogens with zero attached hydrogens (tertiary/aromatic N) is 7. The van der Waals surface area contributed by atoms with E-state index in [1.54, 1.807) is 23.2 Å². The minimum Gasteiger partial charge on any atom is -0.368 e. The van der Waals surface area contributed by atoms with Gasteiger partial charge in [-0.05, 0) is 19.1 Å². The van der Waals surface area contributed by atoms with Gasteiger partial charge in [-0.15, -0.1) is 15.3 Å². The molecule has 8 heteroatoms. The Labute approximate surface area is 127 Å². The number of fused-ring (bicyclic) bond motifs is 1. The van der Waals surface area contributed by atoms with E-state index in [1.165, 1.54) is 0 Å². The Balaban J connectivity index is 1.32. The molecule has 0 radical (unpaired) electrons. The van der Waals surface area contributed by atoms with Crippen molar-refractivity contribution in [3.8, 4) is 0 Å². The Morgan fingerprint density at radius 3 is 2.95 bits per heavy atom. The zero-order chi connectivity index (χ0) is 14.9. The molecule has 0 bridgehead atoms. The van der Waals surface area contributed by atoms with Crippen LogP contribution in [0.5, 0.6) is 0 Å². The fourth-order valence-electron chi connectivity index (χ4n) is 2.51. The van der Waals surface area contributed by atoms with Crippen LogP contribution in [-0.2, 0) is 0 Å². The van der Waals surface area contributed by atoms with Crippen molar-refractivity contribution in [2.24, 2.45) is 5.92 Å². The molecule has 1 saturated heterocycles. The first-order valence-electron chi connectivity index (χ1n) is 7.22. The highest BCUT2D eigenvalue weighted by Crippen LogP contribution is 2.22. The van der Waals surface area contributed by atoms with Crippen molar-refractivity contribution in [3.63, 3.8) is 0 Å². The highest BCUT2D eigenvalue weighted by Gasteiger charge is 2.27. The summed E-state index contributed by atoms with van der Waals surface area (Å²) >= 11 is 0. The quantitative estimate of drug-likeness (QED) is 0.761. The maximum atomic E-state index is 4.49. The van der Waals surface area contributed by atoms with Crippen molar-refractivity contribution in [1.82, 2.24) is 29.8 Å². The third-order valence-corrected chi connectivity index (χ3v) is 3.78. The van der Waals surface area contributed by atoms with E-state index in [-0.39, 0.29) is 0 Å². The number of nitrogens with one attached hydrogen (secondary N) is 1. The molecule has 8 nitrogen and oxygen atoms in total. The smallest absolute Gasteiger partial charge is 0.177 e. The maximum Gasteiger partial charge on any atom is 0.177 e. The lowest BCUT2D eigenvalue weighted by Crippen LogP contribution is -2.50. The third kappa shape index (κ3) is 2.43. The maximum absolute atomic E-state index is 4.49. The molecule has 112 valence electrons. The van der Waals surface area contributed by atoms with E-state index in [0.29, 0.717) is 5.92 Å². The first kappa shape index (κ1) is 12.9. The summed E-state index contributed by atoms with van der Waals surface area (Å²) in [6, 6.07) is 3.92. The second-order valence-electron chi connectivity index (χ2n) is 5.52. The minimum atomic E-state index is 0.585. The Bertz CT molecular complexity index is 775. The van der Waals surface area contributed by atoms with E-state index in [9.17, 15) is 0 Å². The molecule has 0 aromatic carbocycles. The van der Waals surface area contributed by atoms with Gasteiger partial charge in [-0.1, -0.05) is 0 Å². The summed E-state index contributed by atoms with van der Waals surface area (Å²) < 4.78 is 1.70. The van der Waals surface area contributed by atoms with Crippen LogP contribution in [-0.4, -0.2) is 49.4 Å². The number of hydrogen-bond donors (Lipinski definition) is 1. The van der Waals surface area contributed by atoms with Gasteiger partial charge in [0.25, 0.3) is 0 Å². The summed E-state index contributed by atoms with van der Waals surface area (Å²) in [5.74, 6) is 2.37. The molecular formula is C14H16N8. The Hall–Kier alpha value is -2.77. The van der Waals surface area contributed by atoms with Crippen LogP contribution in [0.1, 0.15) is 5.69 Å². The summed E-state index contributed by atoms with van der Waals surface area (Å²) in [5, 5.41) is 15.6. The van der Waals surface area contributed by atoms with E-state index >= 15 is 0 Å². The van der Waals surface area contributed by atoms with E-state index in [4.69, 9.17) is 0 Å². The van der Waals surface area contributed by atoms with Gasteiger partial charge in [0.1, 0.15) is 18.0 Å². The Kier molecular flexibility index (Phi) is 3.06. The number of aromatic nitrogens is 6. The lowest BCUT2D eigenvalue weighted by Gasteiger charge is -2.40. The average molecular weight is 296 g/mol. The molecule has 0 saturated carbocycles. The fourth-order valence-corrected chi connectivity index (χ4v) is 2.51. The van der Waals surface area contributed by atoms with Crippen LogP contribution in [0.3, 0.4) is 0 Å². The molecule has 0 aliphatic carbocycles. The van der Waals surface area contributed by atoms with Gasteiger partial charge in [0.15, 0.2) is 5.65 Å². The van der Waals surface area contributed by atoms with Gasteiger partial charge < -0.3 is 10.2 Å². The van der Waals surface area contributed by atoms with Crippen LogP contribution in [0, 0.1) is 12.8 Å². The summed E-state index contributed by atoms with van der Waals surface area (Å²) in [4.78, 5) is 10.8. The van der Waals surface area contributed by atoms with Crippen molar-refractivity contribution >= 4 is 17.3 Å². The largest absolute Gasteiger partial charge is 0.368 e. The third-order valence-electron chi connectivity index (χ3n) is 3.78. The number of anilines is 2. The second kappa shape index (κ2) is 5.21. The van der Waals surface area contributed by atoms with E-state index in [2.05, 4.69) is 35.5 Å². The average Bonchev–Trinajstić information content (AvgIpc) is 2.95. The van der Waals surface area contributed by atoms with Crippen molar-refractivity contribution in [1.29, 1.82) is 0 Å². The zero-order valence-corrected chi connectivity index (χ0v) is 12.2. The molecule has 0 atom stereocenters. The van der Waals surface area contributed by atoms with Gasteiger partial charge >= 0.3 is 0 Å². The molecule has 3 aromatic rings.